The molecule has 3 aliphatic rings. The van der Waals surface area contributed by atoms with Crippen LogP contribution < -0.4 is 5.32 Å². The first-order valence-electron chi connectivity index (χ1n) is 9.98. The number of nitrogens with one attached hydrogen (secondary N) is 2. The molecular formula is C21H23N3O4S. The number of fused-ring (bicyclic) bond motifs is 2. The number of morpholine rings is 1. The highest BCUT2D eigenvalue weighted by atomic mass is 32.2. The van der Waals surface area contributed by atoms with Crippen molar-refractivity contribution in [3.63, 3.8) is 0 Å². The fraction of sp³-hybridized carbons (Fsp3) is 0.381. The summed E-state index contributed by atoms with van der Waals surface area (Å²) in [7, 11) is -3.62. The largest absolute Gasteiger partial charge is 0.379 e. The zero-order valence-electron chi connectivity index (χ0n) is 16.0. The average Bonchev–Trinajstić information content (AvgIpc) is 3.29. The fourth-order valence-corrected chi connectivity index (χ4v) is 5.76. The number of hydrogen-bond donors (Lipinski definition) is 2. The second-order valence-corrected chi connectivity index (χ2v) is 9.58. The van der Waals surface area contributed by atoms with Crippen molar-refractivity contribution in [2.45, 2.75) is 30.6 Å². The van der Waals surface area contributed by atoms with Crippen LogP contribution in [0.5, 0.6) is 0 Å². The maximum atomic E-state index is 13.0. The molecule has 152 valence electrons. The van der Waals surface area contributed by atoms with Crippen molar-refractivity contribution in [1.82, 2.24) is 9.29 Å². The number of aryl methyl sites for hydroxylation is 1. The lowest BCUT2D eigenvalue weighted by molar-refractivity contribution is -0.110. The van der Waals surface area contributed by atoms with E-state index >= 15 is 0 Å². The molecule has 1 fully saturated rings. The molecule has 0 atom stereocenters. The predicted octanol–water partition coefficient (Wildman–Crippen LogP) is 2.41. The van der Waals surface area contributed by atoms with E-state index in [0.717, 1.165) is 24.8 Å². The Hall–Kier alpha value is -2.42. The van der Waals surface area contributed by atoms with E-state index in [2.05, 4.69) is 10.3 Å². The Kier molecular flexibility index (Phi) is 4.57. The second kappa shape index (κ2) is 7.12. The molecule has 1 aliphatic carbocycles. The number of anilines is 1. The highest BCUT2D eigenvalue weighted by Gasteiger charge is 2.30. The van der Waals surface area contributed by atoms with E-state index in [9.17, 15) is 13.2 Å². The van der Waals surface area contributed by atoms with Crippen LogP contribution >= 0.6 is 0 Å². The van der Waals surface area contributed by atoms with Crippen molar-refractivity contribution >= 4 is 33.3 Å². The first kappa shape index (κ1) is 18.6. The summed E-state index contributed by atoms with van der Waals surface area (Å²) >= 11 is 0. The van der Waals surface area contributed by atoms with Gasteiger partial charge in [-0.1, -0.05) is 0 Å². The number of rotatable bonds is 3. The molecule has 1 aromatic carbocycles. The SMILES string of the molecule is O=C1Nc2ccc(S(=O)(=O)N3CCOCC3)cc2C1=Cc1c[nH]c2c1CCCC2. The molecule has 2 aliphatic heterocycles. The number of hydrogen-bond acceptors (Lipinski definition) is 4. The van der Waals surface area contributed by atoms with Gasteiger partial charge in [-0.15, -0.1) is 0 Å². The third-order valence-electron chi connectivity index (χ3n) is 5.90. The highest BCUT2D eigenvalue weighted by Crippen LogP contribution is 2.36. The number of nitrogens with zero attached hydrogens (tertiary/aromatic N) is 1. The molecule has 0 spiro atoms. The molecule has 1 saturated heterocycles. The van der Waals surface area contributed by atoms with Gasteiger partial charge in [0, 0.05) is 41.8 Å². The van der Waals surface area contributed by atoms with E-state index in [4.69, 9.17) is 4.74 Å². The zero-order valence-corrected chi connectivity index (χ0v) is 16.8. The van der Waals surface area contributed by atoms with Crippen LogP contribution in [0.3, 0.4) is 0 Å². The van der Waals surface area contributed by atoms with Gasteiger partial charge in [0.1, 0.15) is 0 Å². The minimum absolute atomic E-state index is 0.202. The van der Waals surface area contributed by atoms with Crippen molar-refractivity contribution in [2.75, 3.05) is 31.6 Å². The lowest BCUT2D eigenvalue weighted by Crippen LogP contribution is -2.40. The van der Waals surface area contributed by atoms with Crippen molar-refractivity contribution in [3.05, 3.63) is 46.8 Å². The summed E-state index contributed by atoms with van der Waals surface area (Å²) in [6.07, 6.45) is 8.18. The number of sulfonamides is 1. The number of amides is 1. The van der Waals surface area contributed by atoms with Crippen LogP contribution in [0.1, 0.15) is 35.2 Å². The lowest BCUT2D eigenvalue weighted by atomic mass is 9.94. The zero-order chi connectivity index (χ0) is 20.0. The van der Waals surface area contributed by atoms with Crippen LogP contribution in [0.25, 0.3) is 11.6 Å². The van der Waals surface area contributed by atoms with Crippen molar-refractivity contribution < 1.29 is 17.9 Å². The molecule has 0 saturated carbocycles. The van der Waals surface area contributed by atoms with Gasteiger partial charge in [-0.3, -0.25) is 4.79 Å². The summed E-state index contributed by atoms with van der Waals surface area (Å²) in [5.41, 5.74) is 5.31. The van der Waals surface area contributed by atoms with Crippen LogP contribution in [0.4, 0.5) is 5.69 Å². The monoisotopic (exact) mass is 413 g/mol. The summed E-state index contributed by atoms with van der Waals surface area (Å²) in [5, 5.41) is 2.85. The van der Waals surface area contributed by atoms with Gasteiger partial charge in [0.2, 0.25) is 10.0 Å². The fourth-order valence-electron chi connectivity index (χ4n) is 4.33. The van der Waals surface area contributed by atoms with Crippen LogP contribution in [0, 0.1) is 0 Å². The Labute approximate surface area is 169 Å². The number of benzene rings is 1. The maximum absolute atomic E-state index is 13.0. The molecule has 0 radical (unpaired) electrons. The van der Waals surface area contributed by atoms with E-state index in [0.29, 0.717) is 43.1 Å². The van der Waals surface area contributed by atoms with Gasteiger partial charge in [-0.25, -0.2) is 8.42 Å². The van der Waals surface area contributed by atoms with Gasteiger partial charge >= 0.3 is 0 Å². The van der Waals surface area contributed by atoms with Crippen molar-refractivity contribution in [1.29, 1.82) is 0 Å². The normalized spacial score (nSPS) is 21.1. The quantitative estimate of drug-likeness (QED) is 0.756. The summed E-state index contributed by atoms with van der Waals surface area (Å²) < 4.78 is 32.8. The number of H-pyrrole nitrogens is 1. The summed E-state index contributed by atoms with van der Waals surface area (Å²) in [6.45, 7) is 1.48. The number of carbonyl (C=O) groups is 1. The van der Waals surface area contributed by atoms with Crippen LogP contribution in [0.2, 0.25) is 0 Å². The molecule has 3 heterocycles. The van der Waals surface area contributed by atoms with Gasteiger partial charge < -0.3 is 15.0 Å². The van der Waals surface area contributed by atoms with E-state index < -0.39 is 10.0 Å². The van der Waals surface area contributed by atoms with Crippen molar-refractivity contribution in [2.24, 2.45) is 0 Å². The summed E-state index contributed by atoms with van der Waals surface area (Å²) in [5.74, 6) is -0.202. The van der Waals surface area contributed by atoms with Crippen LogP contribution in [-0.4, -0.2) is 49.9 Å². The second-order valence-electron chi connectivity index (χ2n) is 7.64. The molecule has 2 aromatic rings. The molecule has 7 nitrogen and oxygen atoms in total. The molecule has 1 amide bonds. The Morgan fingerprint density at radius 1 is 1.10 bits per heavy atom. The highest BCUT2D eigenvalue weighted by molar-refractivity contribution is 7.89. The van der Waals surface area contributed by atoms with E-state index in [1.54, 1.807) is 18.2 Å². The molecule has 2 N–H and O–H groups in total. The number of carbonyl (C=O) groups excluding carboxylic acids is 1. The Morgan fingerprint density at radius 2 is 1.90 bits per heavy atom. The molecule has 5 rings (SSSR count). The molecular weight excluding hydrogens is 390 g/mol. The minimum atomic E-state index is -3.62. The standard InChI is InChI=1S/C21H23N3O4S/c25-21-18(11-14-13-22-19-4-2-1-3-16(14)19)17-12-15(5-6-20(17)23-21)29(26,27)24-7-9-28-10-8-24/h5-6,11-13,22H,1-4,7-10H2,(H,23,25). The summed E-state index contributed by atoms with van der Waals surface area (Å²) in [6, 6.07) is 4.85. The van der Waals surface area contributed by atoms with Crippen molar-refractivity contribution in [3.8, 4) is 0 Å². The lowest BCUT2D eigenvalue weighted by Gasteiger charge is -2.26. The maximum Gasteiger partial charge on any atom is 0.256 e. The van der Waals surface area contributed by atoms with Gasteiger partial charge in [0.05, 0.1) is 18.1 Å². The minimum Gasteiger partial charge on any atom is -0.379 e. The number of ether oxygens (including phenoxy) is 1. The third kappa shape index (κ3) is 3.21. The average molecular weight is 413 g/mol. The molecule has 29 heavy (non-hydrogen) atoms. The summed E-state index contributed by atoms with van der Waals surface area (Å²) in [4.78, 5) is 16.2. The smallest absolute Gasteiger partial charge is 0.256 e. The molecule has 8 heteroatoms. The Balaban J connectivity index is 1.54. The molecule has 1 aromatic heterocycles. The Bertz CT molecular complexity index is 1110. The van der Waals surface area contributed by atoms with E-state index in [1.807, 2.05) is 12.3 Å². The third-order valence-corrected chi connectivity index (χ3v) is 7.79. The number of aromatic amines is 1. The Morgan fingerprint density at radius 3 is 2.72 bits per heavy atom. The predicted molar refractivity (Wildman–Crippen MR) is 110 cm³/mol. The van der Waals surface area contributed by atoms with Gasteiger partial charge in [0.25, 0.3) is 5.91 Å². The van der Waals surface area contributed by atoms with Gasteiger partial charge in [-0.2, -0.15) is 4.31 Å². The van der Waals surface area contributed by atoms with Gasteiger partial charge in [0.15, 0.2) is 0 Å². The van der Waals surface area contributed by atoms with Gasteiger partial charge in [-0.05, 0) is 61.1 Å². The van der Waals surface area contributed by atoms with E-state index in [-0.39, 0.29) is 10.8 Å². The number of aromatic nitrogens is 1. The molecule has 0 unspecified atom stereocenters. The topological polar surface area (TPSA) is 91.5 Å². The first-order valence-corrected chi connectivity index (χ1v) is 11.4. The first-order chi connectivity index (χ1) is 14.0. The van der Waals surface area contributed by atoms with Crippen LogP contribution in [0.15, 0.2) is 29.3 Å². The van der Waals surface area contributed by atoms with Crippen LogP contribution in [-0.2, 0) is 32.4 Å². The molecule has 0 bridgehead atoms. The van der Waals surface area contributed by atoms with E-state index in [1.165, 1.54) is 22.0 Å².